The normalized spacial score (nSPS) is 18.2. The van der Waals surface area contributed by atoms with Crippen molar-refractivity contribution in [2.24, 2.45) is 0 Å². The van der Waals surface area contributed by atoms with Gasteiger partial charge < -0.3 is 10.2 Å². The molecule has 2 amide bonds. The van der Waals surface area contributed by atoms with E-state index in [1.54, 1.807) is 0 Å². The summed E-state index contributed by atoms with van der Waals surface area (Å²) >= 11 is 0. The zero-order valence-electron chi connectivity index (χ0n) is 16.7. The number of aromatic nitrogens is 1. The van der Waals surface area contributed by atoms with Gasteiger partial charge in [-0.15, -0.1) is 0 Å². The number of carbonyl (C=O) groups excluding carboxylic acids is 1. The number of nitrogens with one attached hydrogen (secondary N) is 1. The first-order valence-corrected chi connectivity index (χ1v) is 10.3. The van der Waals surface area contributed by atoms with Crippen molar-refractivity contribution >= 4 is 6.03 Å². The lowest BCUT2D eigenvalue weighted by atomic mass is 10.00. The number of carbonyl (C=O) groups is 1. The summed E-state index contributed by atoms with van der Waals surface area (Å²) in [5.41, 5.74) is 2.41. The smallest absolute Gasteiger partial charge is 0.335 e. The van der Waals surface area contributed by atoms with Crippen LogP contribution in [0.15, 0.2) is 42.6 Å². The van der Waals surface area contributed by atoms with Gasteiger partial charge in [0.2, 0.25) is 0 Å². The van der Waals surface area contributed by atoms with Crippen LogP contribution in [0.3, 0.4) is 0 Å². The molecule has 4 rings (SSSR count). The fraction of sp³-hybridized carbons (Fsp3) is 0.455. The van der Waals surface area contributed by atoms with Gasteiger partial charge in [0, 0.05) is 45.0 Å². The van der Waals surface area contributed by atoms with Crippen molar-refractivity contribution in [3.8, 4) is 0 Å². The highest BCUT2D eigenvalue weighted by atomic mass is 19.4. The third kappa shape index (κ3) is 4.92. The van der Waals surface area contributed by atoms with Crippen LogP contribution in [0.25, 0.3) is 0 Å². The molecule has 1 aromatic carbocycles. The molecule has 0 bridgehead atoms. The highest BCUT2D eigenvalue weighted by Gasteiger charge is 2.32. The molecule has 5 nitrogen and oxygen atoms in total. The number of fused-ring (bicyclic) bond motifs is 1. The first kappa shape index (κ1) is 20.7. The monoisotopic (exact) mass is 418 g/mol. The van der Waals surface area contributed by atoms with Crippen molar-refractivity contribution in [1.29, 1.82) is 0 Å². The van der Waals surface area contributed by atoms with E-state index < -0.39 is 11.9 Å². The molecule has 30 heavy (non-hydrogen) atoms. The van der Waals surface area contributed by atoms with Gasteiger partial charge in [-0.2, -0.15) is 13.2 Å². The standard InChI is InChI=1S/C22H25F3N4O/c23-22(24,25)20-6-5-16(13-26-20)14-28-10-8-19(9-11-28)27-21(30)29-12-7-17-3-1-2-4-18(17)15-29/h1-6,13,19H,7-12,14-15H2,(H,27,30). The van der Waals surface area contributed by atoms with Crippen molar-refractivity contribution < 1.29 is 18.0 Å². The number of hydrogen-bond donors (Lipinski definition) is 1. The molecule has 160 valence electrons. The Morgan fingerprint density at radius 3 is 2.47 bits per heavy atom. The maximum absolute atomic E-state index is 12.7. The maximum atomic E-state index is 12.7. The summed E-state index contributed by atoms with van der Waals surface area (Å²) in [5.74, 6) is 0. The summed E-state index contributed by atoms with van der Waals surface area (Å²) in [6.45, 7) is 3.50. The summed E-state index contributed by atoms with van der Waals surface area (Å²) in [7, 11) is 0. The number of nitrogens with zero attached hydrogens (tertiary/aromatic N) is 3. The highest BCUT2D eigenvalue weighted by molar-refractivity contribution is 5.75. The molecular weight excluding hydrogens is 393 g/mol. The Morgan fingerprint density at radius 2 is 1.80 bits per heavy atom. The van der Waals surface area contributed by atoms with Gasteiger partial charge in [-0.25, -0.2) is 4.79 Å². The zero-order valence-corrected chi connectivity index (χ0v) is 16.7. The van der Waals surface area contributed by atoms with Gasteiger partial charge in [-0.05, 0) is 42.0 Å². The van der Waals surface area contributed by atoms with Gasteiger partial charge >= 0.3 is 12.2 Å². The third-order valence-electron chi connectivity index (χ3n) is 5.85. The molecule has 1 saturated heterocycles. The molecule has 3 heterocycles. The second-order valence-electron chi connectivity index (χ2n) is 7.99. The number of alkyl halides is 3. The molecule has 0 aliphatic carbocycles. The summed E-state index contributed by atoms with van der Waals surface area (Å²) in [6.07, 6.45) is -0.589. The number of benzene rings is 1. The van der Waals surface area contributed by atoms with Crippen LogP contribution in [0.4, 0.5) is 18.0 Å². The first-order valence-electron chi connectivity index (χ1n) is 10.3. The van der Waals surface area contributed by atoms with E-state index in [0.29, 0.717) is 13.1 Å². The van der Waals surface area contributed by atoms with Gasteiger partial charge in [0.25, 0.3) is 0 Å². The predicted molar refractivity (Wildman–Crippen MR) is 107 cm³/mol. The molecule has 1 fully saturated rings. The molecule has 1 aromatic heterocycles. The van der Waals surface area contributed by atoms with E-state index in [1.165, 1.54) is 23.4 Å². The van der Waals surface area contributed by atoms with E-state index in [0.717, 1.165) is 50.5 Å². The van der Waals surface area contributed by atoms with Gasteiger partial charge in [0.05, 0.1) is 0 Å². The lowest BCUT2D eigenvalue weighted by Gasteiger charge is -2.35. The Bertz CT molecular complexity index is 877. The van der Waals surface area contributed by atoms with Crippen molar-refractivity contribution in [1.82, 2.24) is 20.1 Å². The average Bonchev–Trinajstić information content (AvgIpc) is 2.74. The van der Waals surface area contributed by atoms with Crippen LogP contribution >= 0.6 is 0 Å². The topological polar surface area (TPSA) is 48.5 Å². The minimum Gasteiger partial charge on any atom is -0.335 e. The van der Waals surface area contributed by atoms with Gasteiger partial charge in [0.15, 0.2) is 0 Å². The summed E-state index contributed by atoms with van der Waals surface area (Å²) < 4.78 is 37.9. The Hall–Kier alpha value is -2.61. The molecule has 2 aliphatic heterocycles. The van der Waals surface area contributed by atoms with Gasteiger partial charge in [0.1, 0.15) is 5.69 Å². The van der Waals surface area contributed by atoms with Crippen LogP contribution in [0.5, 0.6) is 0 Å². The van der Waals surface area contributed by atoms with Crippen LogP contribution < -0.4 is 5.32 Å². The van der Waals surface area contributed by atoms with E-state index in [4.69, 9.17) is 0 Å². The molecule has 0 radical (unpaired) electrons. The van der Waals surface area contributed by atoms with E-state index in [9.17, 15) is 18.0 Å². The number of piperidine rings is 1. The molecule has 0 unspecified atom stereocenters. The quantitative estimate of drug-likeness (QED) is 0.824. The van der Waals surface area contributed by atoms with Gasteiger partial charge in [-0.1, -0.05) is 30.3 Å². The van der Waals surface area contributed by atoms with E-state index in [-0.39, 0.29) is 12.1 Å². The van der Waals surface area contributed by atoms with Crippen molar-refractivity contribution in [3.63, 3.8) is 0 Å². The summed E-state index contributed by atoms with van der Waals surface area (Å²) in [6, 6.07) is 10.8. The van der Waals surface area contributed by atoms with Crippen LogP contribution in [-0.2, 0) is 25.7 Å². The second kappa shape index (κ2) is 8.63. The number of likely N-dealkylation sites (tertiary alicyclic amines) is 1. The molecule has 2 aromatic rings. The lowest BCUT2D eigenvalue weighted by molar-refractivity contribution is -0.141. The molecular formula is C22H25F3N4O. The minimum atomic E-state index is -4.41. The third-order valence-corrected chi connectivity index (χ3v) is 5.85. The second-order valence-corrected chi connectivity index (χ2v) is 7.99. The number of pyridine rings is 1. The van der Waals surface area contributed by atoms with E-state index in [2.05, 4.69) is 27.3 Å². The van der Waals surface area contributed by atoms with Crippen molar-refractivity contribution in [3.05, 3.63) is 65.0 Å². The summed E-state index contributed by atoms with van der Waals surface area (Å²) in [5, 5.41) is 3.15. The zero-order chi connectivity index (χ0) is 21.1. The molecule has 8 heteroatoms. The van der Waals surface area contributed by atoms with Crippen molar-refractivity contribution in [2.45, 2.75) is 44.6 Å². The molecule has 0 saturated carbocycles. The molecule has 0 atom stereocenters. The van der Waals surface area contributed by atoms with Crippen LogP contribution in [0.2, 0.25) is 0 Å². The largest absolute Gasteiger partial charge is 0.433 e. The molecule has 0 spiro atoms. The number of hydrogen-bond acceptors (Lipinski definition) is 3. The number of amides is 2. The summed E-state index contributed by atoms with van der Waals surface area (Å²) in [4.78, 5) is 20.2. The first-order chi connectivity index (χ1) is 14.4. The number of halogens is 3. The highest BCUT2D eigenvalue weighted by Crippen LogP contribution is 2.27. The Balaban J connectivity index is 1.23. The fourth-order valence-electron chi connectivity index (χ4n) is 4.11. The average molecular weight is 418 g/mol. The predicted octanol–water partition coefficient (Wildman–Crippen LogP) is 3.83. The van der Waals surface area contributed by atoms with Crippen molar-refractivity contribution in [2.75, 3.05) is 19.6 Å². The van der Waals surface area contributed by atoms with E-state index in [1.807, 2.05) is 17.0 Å². The number of urea groups is 1. The van der Waals surface area contributed by atoms with Crippen LogP contribution in [0.1, 0.15) is 35.2 Å². The SMILES string of the molecule is O=C(NC1CCN(Cc2ccc(C(F)(F)F)nc2)CC1)N1CCc2ccccc2C1. The maximum Gasteiger partial charge on any atom is 0.433 e. The van der Waals surface area contributed by atoms with Crippen LogP contribution in [-0.4, -0.2) is 46.5 Å². The Kier molecular flexibility index (Phi) is 5.94. The van der Waals surface area contributed by atoms with E-state index >= 15 is 0 Å². The Morgan fingerprint density at radius 1 is 1.07 bits per heavy atom. The molecule has 2 aliphatic rings. The Labute approximate surface area is 173 Å². The molecule has 1 N–H and O–H groups in total. The number of rotatable bonds is 3. The van der Waals surface area contributed by atoms with Crippen LogP contribution in [0, 0.1) is 0 Å². The fourth-order valence-corrected chi connectivity index (χ4v) is 4.11. The minimum absolute atomic E-state index is 0.0186. The lowest BCUT2D eigenvalue weighted by Crippen LogP contribution is -2.50. The van der Waals surface area contributed by atoms with Gasteiger partial charge in [-0.3, -0.25) is 9.88 Å².